The zero-order chi connectivity index (χ0) is 14.0. The van der Waals surface area contributed by atoms with E-state index in [0.717, 1.165) is 14.6 Å². The SMILES string of the molecule is CCn1cc(Br)cc1C(=O)Nc1ccc(I)cc1Cl. The second kappa shape index (κ2) is 6.28. The van der Waals surface area contributed by atoms with Gasteiger partial charge in [0.25, 0.3) is 5.91 Å². The molecule has 1 heterocycles. The van der Waals surface area contributed by atoms with E-state index in [1.165, 1.54) is 0 Å². The van der Waals surface area contributed by atoms with Crippen molar-refractivity contribution in [1.82, 2.24) is 4.57 Å². The van der Waals surface area contributed by atoms with Crippen LogP contribution >= 0.6 is 50.1 Å². The molecule has 0 spiro atoms. The third kappa shape index (κ3) is 3.52. The summed E-state index contributed by atoms with van der Waals surface area (Å²) in [6.45, 7) is 2.72. The standard InChI is InChI=1S/C13H11BrClIN2O/c1-2-18-7-8(14)5-12(18)13(19)17-11-4-3-9(16)6-10(11)15/h3-7H,2H2,1H3,(H,17,19). The third-order valence-corrected chi connectivity index (χ3v) is 4.03. The molecule has 0 unspecified atom stereocenters. The summed E-state index contributed by atoms with van der Waals surface area (Å²) in [5, 5.41) is 3.36. The predicted molar refractivity (Wildman–Crippen MR) is 89.9 cm³/mol. The van der Waals surface area contributed by atoms with Gasteiger partial charge < -0.3 is 9.88 Å². The topological polar surface area (TPSA) is 34.0 Å². The van der Waals surface area contributed by atoms with Gasteiger partial charge in [0.2, 0.25) is 0 Å². The average molecular weight is 454 g/mol. The quantitative estimate of drug-likeness (QED) is 0.667. The Labute approximate surface area is 138 Å². The minimum absolute atomic E-state index is 0.171. The highest BCUT2D eigenvalue weighted by atomic mass is 127. The van der Waals surface area contributed by atoms with Gasteiger partial charge in [-0.3, -0.25) is 4.79 Å². The smallest absolute Gasteiger partial charge is 0.272 e. The Balaban J connectivity index is 2.25. The van der Waals surface area contributed by atoms with Gasteiger partial charge in [-0.25, -0.2) is 0 Å². The second-order valence-electron chi connectivity index (χ2n) is 3.91. The molecular formula is C13H11BrClIN2O. The van der Waals surface area contributed by atoms with Crippen LogP contribution in [-0.4, -0.2) is 10.5 Å². The first kappa shape index (κ1) is 14.9. The van der Waals surface area contributed by atoms with Crippen molar-refractivity contribution in [3.8, 4) is 0 Å². The zero-order valence-corrected chi connectivity index (χ0v) is 14.6. The highest BCUT2D eigenvalue weighted by Gasteiger charge is 2.13. The molecule has 0 atom stereocenters. The average Bonchev–Trinajstić information content (AvgIpc) is 2.74. The van der Waals surface area contributed by atoms with E-state index < -0.39 is 0 Å². The molecule has 0 saturated carbocycles. The molecule has 3 nitrogen and oxygen atoms in total. The molecule has 1 amide bonds. The summed E-state index contributed by atoms with van der Waals surface area (Å²) >= 11 is 11.7. The van der Waals surface area contributed by atoms with E-state index in [0.29, 0.717) is 16.4 Å². The zero-order valence-electron chi connectivity index (χ0n) is 10.1. The fourth-order valence-electron chi connectivity index (χ4n) is 1.70. The van der Waals surface area contributed by atoms with Crippen LogP contribution in [-0.2, 0) is 6.54 Å². The molecule has 1 aromatic carbocycles. The van der Waals surface area contributed by atoms with Gasteiger partial charge in [-0.15, -0.1) is 0 Å². The van der Waals surface area contributed by atoms with E-state index in [4.69, 9.17) is 11.6 Å². The maximum atomic E-state index is 12.2. The number of aryl methyl sites for hydroxylation is 1. The molecule has 0 saturated heterocycles. The van der Waals surface area contributed by atoms with Gasteiger partial charge in [-0.1, -0.05) is 11.6 Å². The number of benzene rings is 1. The van der Waals surface area contributed by atoms with Crippen molar-refractivity contribution in [3.63, 3.8) is 0 Å². The Morgan fingerprint density at radius 3 is 2.84 bits per heavy atom. The lowest BCUT2D eigenvalue weighted by molar-refractivity contribution is 0.101. The van der Waals surface area contributed by atoms with Gasteiger partial charge in [0.15, 0.2) is 0 Å². The Morgan fingerprint density at radius 2 is 2.21 bits per heavy atom. The Hall–Kier alpha value is -0.530. The first-order chi connectivity index (χ1) is 9.01. The monoisotopic (exact) mass is 452 g/mol. The lowest BCUT2D eigenvalue weighted by Crippen LogP contribution is -2.16. The maximum Gasteiger partial charge on any atom is 0.272 e. The minimum Gasteiger partial charge on any atom is -0.343 e. The largest absolute Gasteiger partial charge is 0.343 e. The Kier molecular flexibility index (Phi) is 4.92. The van der Waals surface area contributed by atoms with Crippen LogP contribution in [0, 0.1) is 3.57 Å². The first-order valence-electron chi connectivity index (χ1n) is 5.63. The van der Waals surface area contributed by atoms with Crippen LogP contribution in [0.5, 0.6) is 0 Å². The van der Waals surface area contributed by atoms with E-state index in [-0.39, 0.29) is 5.91 Å². The van der Waals surface area contributed by atoms with Crippen LogP contribution < -0.4 is 5.32 Å². The summed E-state index contributed by atoms with van der Waals surface area (Å²) in [5.74, 6) is -0.171. The summed E-state index contributed by atoms with van der Waals surface area (Å²) < 4.78 is 3.79. The molecule has 0 aliphatic rings. The number of anilines is 1. The van der Waals surface area contributed by atoms with Crippen molar-refractivity contribution in [3.05, 3.63) is 49.2 Å². The summed E-state index contributed by atoms with van der Waals surface area (Å²) in [7, 11) is 0. The fraction of sp³-hybridized carbons (Fsp3) is 0.154. The third-order valence-electron chi connectivity index (χ3n) is 2.62. The number of nitrogens with zero attached hydrogens (tertiary/aromatic N) is 1. The Morgan fingerprint density at radius 1 is 1.47 bits per heavy atom. The van der Waals surface area contributed by atoms with Gasteiger partial charge in [0, 0.05) is 20.8 Å². The predicted octanol–water partition coefficient (Wildman–Crippen LogP) is 4.78. The van der Waals surface area contributed by atoms with Crippen LogP contribution in [0.25, 0.3) is 0 Å². The van der Waals surface area contributed by atoms with Crippen molar-refractivity contribution in [2.45, 2.75) is 13.5 Å². The van der Waals surface area contributed by atoms with E-state index in [1.54, 1.807) is 12.1 Å². The van der Waals surface area contributed by atoms with E-state index in [1.807, 2.05) is 29.8 Å². The second-order valence-corrected chi connectivity index (χ2v) is 6.48. The van der Waals surface area contributed by atoms with Gasteiger partial charge in [0.05, 0.1) is 10.7 Å². The molecular weight excluding hydrogens is 442 g/mol. The molecule has 19 heavy (non-hydrogen) atoms. The van der Waals surface area contributed by atoms with E-state index in [2.05, 4.69) is 43.8 Å². The van der Waals surface area contributed by atoms with E-state index >= 15 is 0 Å². The van der Waals surface area contributed by atoms with Gasteiger partial charge in [-0.2, -0.15) is 0 Å². The van der Waals surface area contributed by atoms with Gasteiger partial charge in [-0.05, 0) is 69.7 Å². The van der Waals surface area contributed by atoms with Crippen molar-refractivity contribution >= 4 is 61.7 Å². The first-order valence-corrected chi connectivity index (χ1v) is 7.88. The lowest BCUT2D eigenvalue weighted by atomic mass is 10.3. The molecule has 100 valence electrons. The summed E-state index contributed by atoms with van der Waals surface area (Å²) in [5.41, 5.74) is 1.22. The van der Waals surface area contributed by atoms with Gasteiger partial charge >= 0.3 is 0 Å². The number of amides is 1. The van der Waals surface area contributed by atoms with Crippen LogP contribution in [0.3, 0.4) is 0 Å². The number of aromatic nitrogens is 1. The van der Waals surface area contributed by atoms with Crippen LogP contribution in [0.2, 0.25) is 5.02 Å². The molecule has 0 aliphatic heterocycles. The molecule has 6 heteroatoms. The number of nitrogens with one attached hydrogen (secondary N) is 1. The Bertz CT molecular complexity index is 627. The highest BCUT2D eigenvalue weighted by molar-refractivity contribution is 14.1. The number of carbonyl (C=O) groups excluding carboxylic acids is 1. The molecule has 0 bridgehead atoms. The van der Waals surface area contributed by atoms with Crippen LogP contribution in [0.15, 0.2) is 34.9 Å². The molecule has 1 N–H and O–H groups in total. The molecule has 0 aliphatic carbocycles. The van der Waals surface area contributed by atoms with Crippen molar-refractivity contribution in [2.75, 3.05) is 5.32 Å². The number of carbonyl (C=O) groups is 1. The number of rotatable bonds is 3. The molecule has 0 fully saturated rings. The van der Waals surface area contributed by atoms with Crippen molar-refractivity contribution in [1.29, 1.82) is 0 Å². The van der Waals surface area contributed by atoms with Crippen LogP contribution in [0.1, 0.15) is 17.4 Å². The summed E-state index contributed by atoms with van der Waals surface area (Å²) in [4.78, 5) is 12.2. The maximum absolute atomic E-state index is 12.2. The normalized spacial score (nSPS) is 10.5. The number of halogens is 3. The minimum atomic E-state index is -0.171. The molecule has 2 rings (SSSR count). The lowest BCUT2D eigenvalue weighted by Gasteiger charge is -2.09. The fourth-order valence-corrected chi connectivity index (χ4v) is 3.07. The molecule has 2 aromatic rings. The summed E-state index contributed by atoms with van der Waals surface area (Å²) in [6.07, 6.45) is 1.88. The summed E-state index contributed by atoms with van der Waals surface area (Å²) in [6, 6.07) is 7.30. The highest BCUT2D eigenvalue weighted by Crippen LogP contribution is 2.25. The van der Waals surface area contributed by atoms with Crippen molar-refractivity contribution in [2.24, 2.45) is 0 Å². The molecule has 1 aromatic heterocycles. The number of hydrogen-bond donors (Lipinski definition) is 1. The van der Waals surface area contributed by atoms with Gasteiger partial charge in [0.1, 0.15) is 5.69 Å². The number of hydrogen-bond acceptors (Lipinski definition) is 1. The molecule has 0 radical (unpaired) electrons. The van der Waals surface area contributed by atoms with E-state index in [9.17, 15) is 4.79 Å². The van der Waals surface area contributed by atoms with Crippen molar-refractivity contribution < 1.29 is 4.79 Å². The van der Waals surface area contributed by atoms with Crippen LogP contribution in [0.4, 0.5) is 5.69 Å².